The largest absolute Gasteiger partial charge is 0.469 e. The van der Waals surface area contributed by atoms with Gasteiger partial charge < -0.3 is 20.3 Å². The maximum Gasteiger partial charge on any atom is 0.169 e. The minimum absolute atomic E-state index is 0.219. The molecule has 4 N–H and O–H groups in total. The summed E-state index contributed by atoms with van der Waals surface area (Å²) in [5.74, 6) is 0.843. The second-order valence-electron chi connectivity index (χ2n) is 6.54. The maximum atomic E-state index is 6.17. The fraction of sp³-hybridized carbons (Fsp3) is 0.389. The van der Waals surface area contributed by atoms with Crippen molar-refractivity contribution in [3.05, 3.63) is 53.8 Å². The summed E-state index contributed by atoms with van der Waals surface area (Å²) in [7, 11) is 0. The van der Waals surface area contributed by atoms with Gasteiger partial charge in [0.1, 0.15) is 5.76 Å². The van der Waals surface area contributed by atoms with Gasteiger partial charge in [-0.05, 0) is 43.6 Å². The number of allylic oxidation sites excluding steroid dienone is 2. The van der Waals surface area contributed by atoms with Crippen molar-refractivity contribution in [2.45, 2.75) is 32.0 Å². The van der Waals surface area contributed by atoms with Crippen molar-refractivity contribution in [1.82, 2.24) is 4.98 Å². The molecule has 1 unspecified atom stereocenters. The number of fused-ring (bicyclic) bond motifs is 1. The lowest BCUT2D eigenvalue weighted by atomic mass is 10.1. The van der Waals surface area contributed by atoms with Crippen LogP contribution in [0.5, 0.6) is 0 Å². The number of nitrogens with two attached hydrogens (primary N) is 2. The Kier molecular flexibility index (Phi) is 3.78. The third-order valence-corrected chi connectivity index (χ3v) is 4.74. The zero-order valence-corrected chi connectivity index (χ0v) is 13.9. The average molecular weight is 325 g/mol. The summed E-state index contributed by atoms with van der Waals surface area (Å²) in [6, 6.07) is 2.28. The van der Waals surface area contributed by atoms with Crippen molar-refractivity contribution in [2.75, 3.05) is 22.9 Å². The molecule has 126 valence electrons. The monoisotopic (exact) mass is 325 g/mol. The molecule has 24 heavy (non-hydrogen) atoms. The van der Waals surface area contributed by atoms with Crippen LogP contribution in [0.1, 0.15) is 19.8 Å². The average Bonchev–Trinajstić information content (AvgIpc) is 2.98. The zero-order valence-electron chi connectivity index (χ0n) is 13.9. The van der Waals surface area contributed by atoms with Crippen molar-refractivity contribution in [1.29, 1.82) is 0 Å². The molecule has 4 heterocycles. The van der Waals surface area contributed by atoms with Crippen LogP contribution < -0.4 is 21.3 Å². The van der Waals surface area contributed by atoms with Crippen LogP contribution in [0.2, 0.25) is 0 Å². The van der Waals surface area contributed by atoms with Gasteiger partial charge in [-0.2, -0.15) is 0 Å². The van der Waals surface area contributed by atoms with Crippen LogP contribution in [0, 0.1) is 0 Å². The summed E-state index contributed by atoms with van der Waals surface area (Å²) >= 11 is 0. The molecule has 0 saturated carbocycles. The van der Waals surface area contributed by atoms with Crippen LogP contribution in [0.3, 0.4) is 0 Å². The molecule has 1 fully saturated rings. The molecule has 0 radical (unpaired) electrons. The Hall–Kier alpha value is -2.31. The second kappa shape index (κ2) is 5.96. The topological polar surface area (TPSA) is 80.6 Å². The molecule has 0 amide bonds. The normalized spacial score (nSPS) is 26.4. The number of nitrogens with zero attached hydrogens (tertiary/aromatic N) is 3. The number of anilines is 2. The van der Waals surface area contributed by atoms with E-state index in [-0.39, 0.29) is 6.04 Å². The molecule has 1 aromatic heterocycles. The Balaban J connectivity index is 1.73. The molecule has 3 aliphatic heterocycles. The first-order chi connectivity index (χ1) is 11.6. The van der Waals surface area contributed by atoms with Gasteiger partial charge in [0.25, 0.3) is 0 Å². The van der Waals surface area contributed by atoms with Crippen LogP contribution in [0.25, 0.3) is 0 Å². The molecule has 3 aliphatic rings. The Morgan fingerprint density at radius 2 is 2.17 bits per heavy atom. The number of pyridine rings is 1. The van der Waals surface area contributed by atoms with E-state index in [1.54, 1.807) is 0 Å². The molecular weight excluding hydrogens is 302 g/mol. The van der Waals surface area contributed by atoms with Gasteiger partial charge in [-0.25, -0.2) is 0 Å². The molecule has 0 aromatic carbocycles. The van der Waals surface area contributed by atoms with Gasteiger partial charge in [-0.1, -0.05) is 0 Å². The lowest BCUT2D eigenvalue weighted by Gasteiger charge is -2.36. The number of ether oxygens (including phenoxy) is 1. The van der Waals surface area contributed by atoms with Gasteiger partial charge in [0.2, 0.25) is 0 Å². The number of piperidine rings is 1. The fourth-order valence-corrected chi connectivity index (χ4v) is 3.56. The predicted octanol–water partition coefficient (Wildman–Crippen LogP) is 1.82. The van der Waals surface area contributed by atoms with Crippen LogP contribution in [-0.2, 0) is 4.74 Å². The maximum absolute atomic E-state index is 6.17. The van der Waals surface area contributed by atoms with E-state index in [0.29, 0.717) is 0 Å². The summed E-state index contributed by atoms with van der Waals surface area (Å²) < 4.78 is 5.75. The van der Waals surface area contributed by atoms with Gasteiger partial charge in [0.05, 0.1) is 23.3 Å². The zero-order chi connectivity index (χ0) is 16.7. The van der Waals surface area contributed by atoms with Crippen molar-refractivity contribution < 1.29 is 4.74 Å². The molecule has 6 nitrogen and oxygen atoms in total. The minimum Gasteiger partial charge on any atom is -0.469 e. The highest BCUT2D eigenvalue weighted by Gasteiger charge is 2.30. The molecule has 0 spiro atoms. The lowest BCUT2D eigenvalue weighted by molar-refractivity contribution is 0.184. The Labute approximate surface area is 142 Å². The third kappa shape index (κ3) is 2.57. The highest BCUT2D eigenvalue weighted by atomic mass is 16.5. The highest BCUT2D eigenvalue weighted by molar-refractivity contribution is 5.76. The van der Waals surface area contributed by atoms with Crippen molar-refractivity contribution in [2.24, 2.45) is 11.5 Å². The van der Waals surface area contributed by atoms with Crippen LogP contribution >= 0.6 is 0 Å². The summed E-state index contributed by atoms with van der Waals surface area (Å²) in [6.45, 7) is 3.91. The number of hydrogen-bond donors (Lipinski definition) is 2. The van der Waals surface area contributed by atoms with Crippen molar-refractivity contribution in [3.8, 4) is 0 Å². The molecule has 1 saturated heterocycles. The standard InChI is InChI=1S/C18H23N5O/c1-12-5-8-23(15-9-17(20)24-18(12)15)16-10-21-6-4-14(16)22-7-2-3-13(19)11-22/h4-6,8-10,13,17H,2-3,7,11,19-20H2,1H3/t13-,17?/m1/s1. The third-order valence-electron chi connectivity index (χ3n) is 4.74. The molecule has 0 aliphatic carbocycles. The summed E-state index contributed by atoms with van der Waals surface area (Å²) in [5, 5.41) is 0. The number of aromatic nitrogens is 1. The minimum atomic E-state index is -0.407. The highest BCUT2D eigenvalue weighted by Crippen LogP contribution is 2.39. The molecule has 6 heteroatoms. The SMILES string of the molecule is CC1=C2OC(N)C=C2N(c2cnccc2N2CCC[C@@H](N)C2)C=C1. The fourth-order valence-electron chi connectivity index (χ4n) is 3.56. The van der Waals surface area contributed by atoms with Crippen LogP contribution in [0.15, 0.2) is 53.8 Å². The van der Waals surface area contributed by atoms with Gasteiger partial charge in [-0.15, -0.1) is 0 Å². The van der Waals surface area contributed by atoms with E-state index in [1.165, 1.54) is 0 Å². The molecule has 2 atom stereocenters. The predicted molar refractivity (Wildman–Crippen MR) is 95.1 cm³/mol. The first-order valence-corrected chi connectivity index (χ1v) is 8.41. The van der Waals surface area contributed by atoms with E-state index >= 15 is 0 Å². The quantitative estimate of drug-likeness (QED) is 0.863. The van der Waals surface area contributed by atoms with E-state index in [4.69, 9.17) is 16.2 Å². The Morgan fingerprint density at radius 3 is 3.00 bits per heavy atom. The molecule has 0 bridgehead atoms. The first kappa shape index (κ1) is 15.2. The Morgan fingerprint density at radius 1 is 1.29 bits per heavy atom. The number of rotatable bonds is 2. The first-order valence-electron chi connectivity index (χ1n) is 8.41. The number of hydrogen-bond acceptors (Lipinski definition) is 6. The second-order valence-corrected chi connectivity index (χ2v) is 6.54. The van der Waals surface area contributed by atoms with Gasteiger partial charge >= 0.3 is 0 Å². The van der Waals surface area contributed by atoms with E-state index < -0.39 is 6.23 Å². The van der Waals surface area contributed by atoms with Crippen molar-refractivity contribution in [3.63, 3.8) is 0 Å². The van der Waals surface area contributed by atoms with Crippen LogP contribution in [0.4, 0.5) is 11.4 Å². The van der Waals surface area contributed by atoms with Gasteiger partial charge in [-0.3, -0.25) is 10.7 Å². The summed E-state index contributed by atoms with van der Waals surface area (Å²) in [4.78, 5) is 8.79. The van der Waals surface area contributed by atoms with Gasteiger partial charge in [0.15, 0.2) is 6.23 Å². The van der Waals surface area contributed by atoms with E-state index in [1.807, 2.05) is 31.5 Å². The van der Waals surface area contributed by atoms with Crippen LogP contribution in [-0.4, -0.2) is 30.3 Å². The lowest BCUT2D eigenvalue weighted by Crippen LogP contribution is -2.43. The smallest absolute Gasteiger partial charge is 0.169 e. The Bertz CT molecular complexity index is 739. The van der Waals surface area contributed by atoms with E-state index in [2.05, 4.69) is 27.1 Å². The molecular formula is C18H23N5O. The van der Waals surface area contributed by atoms with Gasteiger partial charge in [0, 0.05) is 31.5 Å². The summed E-state index contributed by atoms with van der Waals surface area (Å²) in [5.41, 5.74) is 16.4. The molecule has 1 aromatic rings. The summed E-state index contributed by atoms with van der Waals surface area (Å²) in [6.07, 6.45) is 11.6. The van der Waals surface area contributed by atoms with Crippen molar-refractivity contribution >= 4 is 11.4 Å². The molecule has 4 rings (SSSR count). The van der Waals surface area contributed by atoms with E-state index in [0.717, 1.165) is 54.3 Å². The van der Waals surface area contributed by atoms with E-state index in [9.17, 15) is 0 Å².